The third-order valence-corrected chi connectivity index (χ3v) is 5.09. The third-order valence-electron chi connectivity index (χ3n) is 3.79. The number of rotatable bonds is 8. The molecule has 2 aromatic carbocycles. The molecule has 140 valence electrons. The lowest BCUT2D eigenvalue weighted by atomic mass is 10.1. The number of sulfonamides is 1. The number of nitrogens with zero attached hydrogens (tertiary/aromatic N) is 1. The molecule has 1 N–H and O–H groups in total. The Morgan fingerprint density at radius 1 is 1.08 bits per heavy atom. The van der Waals surface area contributed by atoms with E-state index in [0.29, 0.717) is 5.56 Å². The quantitative estimate of drug-likeness (QED) is 0.761. The van der Waals surface area contributed by atoms with Crippen LogP contribution in [-0.4, -0.2) is 44.5 Å². The van der Waals surface area contributed by atoms with E-state index in [1.165, 1.54) is 28.6 Å². The van der Waals surface area contributed by atoms with Crippen LogP contribution >= 0.6 is 0 Å². The van der Waals surface area contributed by atoms with Gasteiger partial charge in [-0.3, -0.25) is 4.79 Å². The fourth-order valence-corrected chi connectivity index (χ4v) is 3.26. The molecule has 1 amide bonds. The molecule has 8 heteroatoms. The molecule has 0 aliphatic heterocycles. The molecule has 0 aliphatic rings. The van der Waals surface area contributed by atoms with E-state index < -0.39 is 21.7 Å². The summed E-state index contributed by atoms with van der Waals surface area (Å²) in [6.45, 7) is 0.184. The van der Waals surface area contributed by atoms with E-state index in [4.69, 9.17) is 0 Å². The molecule has 26 heavy (non-hydrogen) atoms. The standard InChI is InChI=1S/C18H20F2N2O3S/c1-26(24,25)22(11-9-14-5-2-3-8-17(14)20)12-10-21-18(23)15-6-4-7-16(19)13-15/h2-8,13H,9-12H2,1H3,(H,21,23). The van der Waals surface area contributed by atoms with Crippen LogP contribution in [0.15, 0.2) is 48.5 Å². The molecule has 0 atom stereocenters. The number of carbonyl (C=O) groups excluding carboxylic acids is 1. The minimum Gasteiger partial charge on any atom is -0.351 e. The number of nitrogens with one attached hydrogen (secondary N) is 1. The Hall–Kier alpha value is -2.32. The van der Waals surface area contributed by atoms with E-state index in [2.05, 4.69) is 5.32 Å². The van der Waals surface area contributed by atoms with Crippen LogP contribution in [0.5, 0.6) is 0 Å². The Morgan fingerprint density at radius 2 is 1.81 bits per heavy atom. The van der Waals surface area contributed by atoms with Crippen LogP contribution in [-0.2, 0) is 16.4 Å². The predicted molar refractivity (Wildman–Crippen MR) is 95.3 cm³/mol. The molecule has 0 bridgehead atoms. The van der Waals surface area contributed by atoms with E-state index in [1.54, 1.807) is 18.2 Å². The minimum atomic E-state index is -3.52. The predicted octanol–water partition coefficient (Wildman–Crippen LogP) is 2.20. The number of amides is 1. The van der Waals surface area contributed by atoms with Gasteiger partial charge < -0.3 is 5.32 Å². The Labute approximate surface area is 151 Å². The summed E-state index contributed by atoms with van der Waals surface area (Å²) in [5.74, 6) is -1.41. The highest BCUT2D eigenvalue weighted by Gasteiger charge is 2.17. The van der Waals surface area contributed by atoms with E-state index in [9.17, 15) is 22.0 Å². The zero-order valence-corrected chi connectivity index (χ0v) is 15.1. The molecular weight excluding hydrogens is 362 g/mol. The largest absolute Gasteiger partial charge is 0.351 e. The van der Waals surface area contributed by atoms with Gasteiger partial charge in [-0.1, -0.05) is 24.3 Å². The normalized spacial score (nSPS) is 11.5. The fraction of sp³-hybridized carbons (Fsp3) is 0.278. The van der Waals surface area contributed by atoms with Gasteiger partial charge in [-0.05, 0) is 36.2 Å². The third kappa shape index (κ3) is 5.89. The molecule has 2 rings (SSSR count). The summed E-state index contributed by atoms with van der Waals surface area (Å²) < 4.78 is 51.8. The monoisotopic (exact) mass is 382 g/mol. The topological polar surface area (TPSA) is 66.5 Å². The summed E-state index contributed by atoms with van der Waals surface area (Å²) in [6, 6.07) is 11.4. The molecule has 0 saturated carbocycles. The lowest BCUT2D eigenvalue weighted by molar-refractivity contribution is 0.0951. The van der Waals surface area contributed by atoms with E-state index in [0.717, 1.165) is 12.3 Å². The van der Waals surface area contributed by atoms with Crippen LogP contribution in [0, 0.1) is 11.6 Å². The SMILES string of the molecule is CS(=O)(=O)N(CCNC(=O)c1cccc(F)c1)CCc1ccccc1F. The second kappa shape index (κ2) is 8.86. The number of benzene rings is 2. The first-order valence-electron chi connectivity index (χ1n) is 7.99. The molecule has 2 aromatic rings. The summed E-state index contributed by atoms with van der Waals surface area (Å²) in [7, 11) is -3.52. The van der Waals surface area contributed by atoms with Gasteiger partial charge in [0.15, 0.2) is 0 Å². The van der Waals surface area contributed by atoms with Gasteiger partial charge in [0, 0.05) is 25.2 Å². The van der Waals surface area contributed by atoms with Gasteiger partial charge in [-0.2, -0.15) is 0 Å². The lowest BCUT2D eigenvalue weighted by Crippen LogP contribution is -2.39. The Morgan fingerprint density at radius 3 is 2.46 bits per heavy atom. The maximum Gasteiger partial charge on any atom is 0.251 e. The van der Waals surface area contributed by atoms with Gasteiger partial charge in [-0.15, -0.1) is 0 Å². The van der Waals surface area contributed by atoms with Gasteiger partial charge in [0.05, 0.1) is 6.26 Å². The van der Waals surface area contributed by atoms with Gasteiger partial charge in [-0.25, -0.2) is 21.5 Å². The van der Waals surface area contributed by atoms with Crippen molar-refractivity contribution in [1.82, 2.24) is 9.62 Å². The van der Waals surface area contributed by atoms with Crippen LogP contribution in [0.25, 0.3) is 0 Å². The molecule has 0 saturated heterocycles. The van der Waals surface area contributed by atoms with Crippen LogP contribution in [0.3, 0.4) is 0 Å². The van der Waals surface area contributed by atoms with Crippen molar-refractivity contribution < 1.29 is 22.0 Å². The number of carbonyl (C=O) groups is 1. The van der Waals surface area contributed by atoms with E-state index >= 15 is 0 Å². The summed E-state index contributed by atoms with van der Waals surface area (Å²) in [5.41, 5.74) is 0.576. The molecule has 0 aliphatic carbocycles. The van der Waals surface area contributed by atoms with Crippen molar-refractivity contribution in [3.63, 3.8) is 0 Å². The zero-order chi connectivity index (χ0) is 19.2. The summed E-state index contributed by atoms with van der Waals surface area (Å²) >= 11 is 0. The highest BCUT2D eigenvalue weighted by molar-refractivity contribution is 7.88. The molecular formula is C18H20F2N2O3S. The summed E-state index contributed by atoms with van der Waals surface area (Å²) in [6.07, 6.45) is 1.28. The molecule has 0 heterocycles. The van der Waals surface area contributed by atoms with Crippen molar-refractivity contribution in [3.05, 3.63) is 71.3 Å². The fourth-order valence-electron chi connectivity index (χ4n) is 2.42. The second-order valence-corrected chi connectivity index (χ2v) is 7.75. The smallest absolute Gasteiger partial charge is 0.251 e. The number of hydrogen-bond donors (Lipinski definition) is 1. The van der Waals surface area contributed by atoms with Crippen LogP contribution in [0.1, 0.15) is 15.9 Å². The Balaban J connectivity index is 1.92. The zero-order valence-electron chi connectivity index (χ0n) is 14.3. The van der Waals surface area contributed by atoms with Crippen LogP contribution in [0.4, 0.5) is 8.78 Å². The number of hydrogen-bond acceptors (Lipinski definition) is 3. The average molecular weight is 382 g/mol. The first kappa shape index (κ1) is 20.0. The molecule has 0 aromatic heterocycles. The molecule has 0 spiro atoms. The molecule has 5 nitrogen and oxygen atoms in total. The van der Waals surface area contributed by atoms with Crippen molar-refractivity contribution in [1.29, 1.82) is 0 Å². The highest BCUT2D eigenvalue weighted by Crippen LogP contribution is 2.09. The van der Waals surface area contributed by atoms with Gasteiger partial charge in [0.25, 0.3) is 5.91 Å². The second-order valence-electron chi connectivity index (χ2n) is 5.77. The van der Waals surface area contributed by atoms with Crippen molar-refractivity contribution in [2.45, 2.75) is 6.42 Å². The van der Waals surface area contributed by atoms with Gasteiger partial charge in [0.1, 0.15) is 11.6 Å². The maximum absolute atomic E-state index is 13.7. The highest BCUT2D eigenvalue weighted by atomic mass is 32.2. The van der Waals surface area contributed by atoms with Gasteiger partial charge in [0.2, 0.25) is 10.0 Å². The van der Waals surface area contributed by atoms with E-state index in [-0.39, 0.29) is 37.4 Å². The Kier molecular flexibility index (Phi) is 6.82. The number of halogens is 2. The lowest BCUT2D eigenvalue weighted by Gasteiger charge is -2.20. The van der Waals surface area contributed by atoms with Crippen molar-refractivity contribution in [2.24, 2.45) is 0 Å². The van der Waals surface area contributed by atoms with Crippen LogP contribution in [0.2, 0.25) is 0 Å². The summed E-state index contributed by atoms with van der Waals surface area (Å²) in [5, 5.41) is 2.55. The van der Waals surface area contributed by atoms with E-state index in [1.807, 2.05) is 0 Å². The minimum absolute atomic E-state index is 0.0361. The van der Waals surface area contributed by atoms with Gasteiger partial charge >= 0.3 is 0 Å². The first-order chi connectivity index (χ1) is 12.3. The average Bonchev–Trinajstić information content (AvgIpc) is 2.58. The van der Waals surface area contributed by atoms with Crippen molar-refractivity contribution >= 4 is 15.9 Å². The van der Waals surface area contributed by atoms with Crippen molar-refractivity contribution in [2.75, 3.05) is 25.9 Å². The Bertz CT molecular complexity index is 872. The molecule has 0 radical (unpaired) electrons. The maximum atomic E-state index is 13.7. The van der Waals surface area contributed by atoms with Crippen LogP contribution < -0.4 is 5.32 Å². The molecule has 0 fully saturated rings. The van der Waals surface area contributed by atoms with Crippen molar-refractivity contribution in [3.8, 4) is 0 Å². The molecule has 0 unspecified atom stereocenters. The summed E-state index contributed by atoms with van der Waals surface area (Å²) in [4.78, 5) is 12.0. The first-order valence-corrected chi connectivity index (χ1v) is 9.84.